The number of hydrogen-bond acceptors (Lipinski definition) is 5. The van der Waals surface area contributed by atoms with Gasteiger partial charge in [0.2, 0.25) is 15.9 Å². The number of aryl methyl sites for hydroxylation is 2. The number of hydrogen-bond donors (Lipinski definition) is 2. The van der Waals surface area contributed by atoms with Crippen molar-refractivity contribution < 1.29 is 27.1 Å². The monoisotopic (exact) mass is 461 g/mol. The standard InChI is InChI=1S/C22H24FN3O5S/c1-12-6-7-15(10-16(12)23)24-22(28)18-5-4-8-26(18)32(29,30)20-11-19-17(9-13(20)2)25-21(27)14(3)31-19/h6-7,9-11,14,18H,4-5,8H2,1-3H3,(H,24,28)(H,25,27)/t14-,18+/m0/s1. The average molecular weight is 462 g/mol. The van der Waals surface area contributed by atoms with E-state index < -0.39 is 33.9 Å². The van der Waals surface area contributed by atoms with Gasteiger partial charge >= 0.3 is 0 Å². The summed E-state index contributed by atoms with van der Waals surface area (Å²) in [6.45, 7) is 4.99. The highest BCUT2D eigenvalue weighted by atomic mass is 32.2. The molecule has 0 bridgehead atoms. The van der Waals surface area contributed by atoms with Crippen LogP contribution in [0.4, 0.5) is 15.8 Å². The molecule has 1 saturated heterocycles. The van der Waals surface area contributed by atoms with Gasteiger partial charge in [-0.2, -0.15) is 4.31 Å². The molecular formula is C22H24FN3O5S. The lowest BCUT2D eigenvalue weighted by Gasteiger charge is -2.27. The lowest BCUT2D eigenvalue weighted by Crippen LogP contribution is -2.43. The number of fused-ring (bicyclic) bond motifs is 1. The van der Waals surface area contributed by atoms with Crippen LogP contribution in [0.1, 0.15) is 30.9 Å². The van der Waals surface area contributed by atoms with Gasteiger partial charge in [0, 0.05) is 18.3 Å². The number of halogens is 1. The highest BCUT2D eigenvalue weighted by Crippen LogP contribution is 2.37. The quantitative estimate of drug-likeness (QED) is 0.729. The van der Waals surface area contributed by atoms with E-state index >= 15 is 0 Å². The predicted octanol–water partition coefficient (Wildman–Crippen LogP) is 2.95. The van der Waals surface area contributed by atoms with Crippen molar-refractivity contribution in [3.63, 3.8) is 0 Å². The van der Waals surface area contributed by atoms with Gasteiger partial charge in [-0.25, -0.2) is 12.8 Å². The Bertz CT molecular complexity index is 1210. The molecule has 0 spiro atoms. The summed E-state index contributed by atoms with van der Waals surface area (Å²) in [5.41, 5.74) is 1.55. The normalized spacial score (nSPS) is 20.9. The van der Waals surface area contributed by atoms with Crippen molar-refractivity contribution in [3.8, 4) is 5.75 Å². The van der Waals surface area contributed by atoms with Crippen LogP contribution in [0.25, 0.3) is 0 Å². The minimum atomic E-state index is -4.03. The molecule has 0 aromatic heterocycles. The summed E-state index contributed by atoms with van der Waals surface area (Å²) in [6, 6.07) is 6.35. The highest BCUT2D eigenvalue weighted by Gasteiger charge is 2.41. The molecule has 2 atom stereocenters. The Hall–Kier alpha value is -2.98. The van der Waals surface area contributed by atoms with Crippen LogP contribution in [0, 0.1) is 19.7 Å². The molecule has 0 radical (unpaired) electrons. The Labute approximate surface area is 185 Å². The smallest absolute Gasteiger partial charge is 0.265 e. The van der Waals surface area contributed by atoms with Crippen molar-refractivity contribution in [1.82, 2.24) is 4.31 Å². The van der Waals surface area contributed by atoms with Crippen LogP contribution in [0.5, 0.6) is 5.75 Å². The van der Waals surface area contributed by atoms with E-state index in [4.69, 9.17) is 4.74 Å². The zero-order valence-electron chi connectivity index (χ0n) is 17.9. The van der Waals surface area contributed by atoms with Gasteiger partial charge in [-0.15, -0.1) is 0 Å². The summed E-state index contributed by atoms with van der Waals surface area (Å²) in [5.74, 6) is -1.01. The second-order valence-electron chi connectivity index (χ2n) is 8.09. The predicted molar refractivity (Wildman–Crippen MR) is 117 cm³/mol. The number of nitrogens with one attached hydrogen (secondary N) is 2. The molecule has 0 saturated carbocycles. The Morgan fingerprint density at radius 1 is 1.22 bits per heavy atom. The van der Waals surface area contributed by atoms with Crippen LogP contribution in [-0.4, -0.2) is 43.2 Å². The zero-order chi connectivity index (χ0) is 23.2. The summed E-state index contributed by atoms with van der Waals surface area (Å²) in [5, 5.41) is 5.32. The minimum Gasteiger partial charge on any atom is -0.479 e. The molecule has 10 heteroatoms. The van der Waals surface area contributed by atoms with Gasteiger partial charge in [-0.1, -0.05) is 6.07 Å². The number of rotatable bonds is 4. The fourth-order valence-corrected chi connectivity index (χ4v) is 5.81. The summed E-state index contributed by atoms with van der Waals surface area (Å²) in [4.78, 5) is 24.7. The van der Waals surface area contributed by atoms with Crippen LogP contribution < -0.4 is 15.4 Å². The topological polar surface area (TPSA) is 105 Å². The molecule has 8 nitrogen and oxygen atoms in total. The Morgan fingerprint density at radius 3 is 2.69 bits per heavy atom. The van der Waals surface area contributed by atoms with E-state index in [9.17, 15) is 22.4 Å². The van der Waals surface area contributed by atoms with E-state index in [1.165, 1.54) is 16.4 Å². The Balaban J connectivity index is 1.62. The molecule has 2 N–H and O–H groups in total. The maximum absolute atomic E-state index is 13.8. The minimum absolute atomic E-state index is 0.0145. The third kappa shape index (κ3) is 3.95. The number of sulfonamides is 1. The molecule has 0 unspecified atom stereocenters. The van der Waals surface area contributed by atoms with Crippen molar-refractivity contribution >= 4 is 33.2 Å². The molecule has 2 aliphatic heterocycles. The van der Waals surface area contributed by atoms with Crippen LogP contribution in [0.2, 0.25) is 0 Å². The molecule has 0 aliphatic carbocycles. The number of nitrogens with zero attached hydrogens (tertiary/aromatic N) is 1. The number of benzene rings is 2. The fourth-order valence-electron chi connectivity index (χ4n) is 3.93. The van der Waals surface area contributed by atoms with Crippen molar-refractivity contribution in [1.29, 1.82) is 0 Å². The van der Waals surface area contributed by atoms with Crippen molar-refractivity contribution in [2.45, 2.75) is 50.7 Å². The van der Waals surface area contributed by atoms with Gasteiger partial charge in [-0.3, -0.25) is 9.59 Å². The number of carbonyl (C=O) groups excluding carboxylic acids is 2. The van der Waals surface area contributed by atoms with E-state index in [0.717, 1.165) is 0 Å². The first kappa shape index (κ1) is 22.2. The zero-order valence-corrected chi connectivity index (χ0v) is 18.8. The number of ether oxygens (including phenoxy) is 1. The largest absolute Gasteiger partial charge is 0.479 e. The third-order valence-electron chi connectivity index (χ3n) is 5.74. The van der Waals surface area contributed by atoms with Crippen LogP contribution in [0.3, 0.4) is 0 Å². The first-order valence-electron chi connectivity index (χ1n) is 10.3. The summed E-state index contributed by atoms with van der Waals surface area (Å²) in [6.07, 6.45) is 0.126. The van der Waals surface area contributed by atoms with E-state index in [-0.39, 0.29) is 28.8 Å². The van der Waals surface area contributed by atoms with E-state index in [2.05, 4.69) is 10.6 Å². The average Bonchev–Trinajstić information content (AvgIpc) is 3.22. The van der Waals surface area contributed by atoms with Crippen molar-refractivity contribution in [2.24, 2.45) is 0 Å². The van der Waals surface area contributed by atoms with Gasteiger partial charge < -0.3 is 15.4 Å². The third-order valence-corrected chi connectivity index (χ3v) is 7.79. The van der Waals surface area contributed by atoms with Crippen molar-refractivity contribution in [3.05, 3.63) is 47.3 Å². The summed E-state index contributed by atoms with van der Waals surface area (Å²) in [7, 11) is -4.03. The molecule has 2 aromatic rings. The molecule has 170 valence electrons. The van der Waals surface area contributed by atoms with Gasteiger partial charge in [0.25, 0.3) is 5.91 Å². The van der Waals surface area contributed by atoms with Crippen LogP contribution >= 0.6 is 0 Å². The molecule has 1 fully saturated rings. The first-order chi connectivity index (χ1) is 15.1. The lowest BCUT2D eigenvalue weighted by molar-refractivity contribution is -0.122. The molecule has 2 heterocycles. The number of anilines is 2. The van der Waals surface area contributed by atoms with Crippen LogP contribution in [-0.2, 0) is 19.6 Å². The molecule has 4 rings (SSSR count). The highest BCUT2D eigenvalue weighted by molar-refractivity contribution is 7.89. The van der Waals surface area contributed by atoms with Gasteiger partial charge in [-0.05, 0) is 62.9 Å². The molecule has 32 heavy (non-hydrogen) atoms. The van der Waals surface area contributed by atoms with Crippen LogP contribution in [0.15, 0.2) is 35.2 Å². The number of amides is 2. The van der Waals surface area contributed by atoms with E-state index in [0.29, 0.717) is 29.7 Å². The first-order valence-corrected chi connectivity index (χ1v) is 11.7. The molecular weight excluding hydrogens is 437 g/mol. The van der Waals surface area contributed by atoms with Gasteiger partial charge in [0.15, 0.2) is 6.10 Å². The summed E-state index contributed by atoms with van der Waals surface area (Å²) >= 11 is 0. The van der Waals surface area contributed by atoms with Crippen molar-refractivity contribution in [2.75, 3.05) is 17.2 Å². The van der Waals surface area contributed by atoms with E-state index in [1.54, 1.807) is 39.0 Å². The maximum atomic E-state index is 13.8. The SMILES string of the molecule is Cc1ccc(NC(=O)[C@H]2CCCN2S(=O)(=O)c2cc3c(cc2C)NC(=O)[C@H](C)O3)cc1F. The molecule has 2 aliphatic rings. The second kappa shape index (κ2) is 8.18. The van der Waals surface area contributed by atoms with Gasteiger partial charge in [0.05, 0.1) is 10.6 Å². The Kier molecular flexibility index (Phi) is 5.68. The Morgan fingerprint density at radius 2 is 1.97 bits per heavy atom. The lowest BCUT2D eigenvalue weighted by atomic mass is 10.1. The summed E-state index contributed by atoms with van der Waals surface area (Å²) < 4.78 is 47.6. The number of carbonyl (C=O) groups is 2. The van der Waals surface area contributed by atoms with Gasteiger partial charge in [0.1, 0.15) is 17.6 Å². The fraction of sp³-hybridized carbons (Fsp3) is 0.364. The van der Waals surface area contributed by atoms with E-state index in [1.807, 2.05) is 0 Å². The second-order valence-corrected chi connectivity index (χ2v) is 9.95. The molecule has 2 amide bonds. The molecule has 2 aromatic carbocycles. The maximum Gasteiger partial charge on any atom is 0.265 e.